The summed E-state index contributed by atoms with van der Waals surface area (Å²) in [6.07, 6.45) is 0.402. The highest BCUT2D eigenvalue weighted by atomic mass is 79.9. The van der Waals surface area contributed by atoms with E-state index in [0.717, 1.165) is 33.1 Å². The number of H-pyrrole nitrogens is 1. The lowest BCUT2D eigenvalue weighted by molar-refractivity contribution is 0.0932. The summed E-state index contributed by atoms with van der Waals surface area (Å²) in [6, 6.07) is 11.2. The molecule has 2 heterocycles. The second kappa shape index (κ2) is 7.38. The van der Waals surface area contributed by atoms with Gasteiger partial charge in [-0.1, -0.05) is 39.1 Å². The van der Waals surface area contributed by atoms with Crippen LogP contribution in [-0.4, -0.2) is 29.1 Å². The molecule has 140 valence electrons. The molecule has 0 spiro atoms. The Morgan fingerprint density at radius 1 is 1.26 bits per heavy atom. The van der Waals surface area contributed by atoms with Crippen LogP contribution in [-0.2, 0) is 11.2 Å². The third-order valence-electron chi connectivity index (χ3n) is 4.79. The fourth-order valence-corrected chi connectivity index (χ4v) is 4.65. The van der Waals surface area contributed by atoms with E-state index in [2.05, 4.69) is 27.0 Å². The van der Waals surface area contributed by atoms with Gasteiger partial charge in [0, 0.05) is 37.7 Å². The lowest BCUT2D eigenvalue weighted by Crippen LogP contribution is -2.41. The van der Waals surface area contributed by atoms with Crippen molar-refractivity contribution in [1.82, 2.24) is 9.88 Å². The topological polar surface area (TPSA) is 45.3 Å². The van der Waals surface area contributed by atoms with Gasteiger partial charge in [0.15, 0.2) is 0 Å². The molecular formula is C20H17BrCl2N2O2. The number of carbonyl (C=O) groups is 1. The molecule has 0 aliphatic carbocycles. The van der Waals surface area contributed by atoms with Crippen LogP contribution in [0, 0.1) is 0 Å². The Labute approximate surface area is 175 Å². The van der Waals surface area contributed by atoms with Crippen LogP contribution in [0.5, 0.6) is 0 Å². The number of aromatic amines is 1. The van der Waals surface area contributed by atoms with E-state index >= 15 is 0 Å². The summed E-state index contributed by atoms with van der Waals surface area (Å²) in [4.78, 5) is 17.9. The van der Waals surface area contributed by atoms with Crippen LogP contribution >= 0.6 is 39.1 Å². The molecule has 27 heavy (non-hydrogen) atoms. The molecule has 1 unspecified atom stereocenters. The summed E-state index contributed by atoms with van der Waals surface area (Å²) >= 11 is 16.0. The first-order valence-corrected chi connectivity index (χ1v) is 10.2. The van der Waals surface area contributed by atoms with Crippen LogP contribution in [0.3, 0.4) is 0 Å². The summed E-state index contributed by atoms with van der Waals surface area (Å²) in [6.45, 7) is 2.68. The minimum absolute atomic E-state index is 0.324. The molecule has 0 saturated heterocycles. The van der Waals surface area contributed by atoms with Crippen molar-refractivity contribution < 1.29 is 9.53 Å². The fraction of sp³-hybridized carbons (Fsp3) is 0.250. The summed E-state index contributed by atoms with van der Waals surface area (Å²) < 4.78 is 6.32. The van der Waals surface area contributed by atoms with Crippen molar-refractivity contribution in [2.24, 2.45) is 0 Å². The van der Waals surface area contributed by atoms with Crippen molar-refractivity contribution in [3.63, 3.8) is 0 Å². The molecule has 0 radical (unpaired) electrons. The van der Waals surface area contributed by atoms with Crippen LogP contribution in [0.15, 0.2) is 40.9 Å². The summed E-state index contributed by atoms with van der Waals surface area (Å²) in [5, 5.41) is 2.22. The zero-order valence-electron chi connectivity index (χ0n) is 14.6. The second-order valence-corrected chi connectivity index (χ2v) is 8.24. The Balaban J connectivity index is 1.91. The predicted octanol–water partition coefficient (Wildman–Crippen LogP) is 6.34. The van der Waals surface area contributed by atoms with E-state index in [1.165, 1.54) is 5.56 Å². The van der Waals surface area contributed by atoms with E-state index in [0.29, 0.717) is 23.2 Å². The maximum atomic E-state index is 12.6. The largest absolute Gasteiger partial charge is 0.450 e. The Morgan fingerprint density at radius 3 is 2.70 bits per heavy atom. The average molecular weight is 468 g/mol. The number of hydrogen-bond acceptors (Lipinski definition) is 2. The fourth-order valence-electron chi connectivity index (χ4n) is 3.74. The standard InChI is InChI=1S/C20H17BrCl2N2O2/c1-2-27-20(26)25-6-5-15-16-9-12(21)3-4-17(16)24-18(15)19(25)11-7-13(22)10-14(23)8-11/h3-4,7-10,19,24H,2,5-6H2,1H3. The lowest BCUT2D eigenvalue weighted by atomic mass is 9.93. The number of fused-ring (bicyclic) bond motifs is 3. The van der Waals surface area contributed by atoms with Gasteiger partial charge in [-0.15, -0.1) is 0 Å². The Bertz CT molecular complexity index is 1010. The number of aromatic nitrogens is 1. The molecule has 1 amide bonds. The molecule has 0 bridgehead atoms. The van der Waals surface area contributed by atoms with Crippen molar-refractivity contribution >= 4 is 56.1 Å². The van der Waals surface area contributed by atoms with Crippen molar-refractivity contribution in [1.29, 1.82) is 0 Å². The maximum absolute atomic E-state index is 12.6. The zero-order chi connectivity index (χ0) is 19.1. The molecule has 1 aliphatic heterocycles. The van der Waals surface area contributed by atoms with Gasteiger partial charge in [0.2, 0.25) is 0 Å². The van der Waals surface area contributed by atoms with Crippen LogP contribution in [0.25, 0.3) is 10.9 Å². The average Bonchev–Trinajstić information content (AvgIpc) is 2.98. The van der Waals surface area contributed by atoms with Crippen LogP contribution in [0.2, 0.25) is 10.0 Å². The highest BCUT2D eigenvalue weighted by Crippen LogP contribution is 2.40. The number of nitrogens with one attached hydrogen (secondary N) is 1. The minimum Gasteiger partial charge on any atom is -0.450 e. The molecule has 4 rings (SSSR count). The second-order valence-electron chi connectivity index (χ2n) is 6.45. The van der Waals surface area contributed by atoms with E-state index in [4.69, 9.17) is 27.9 Å². The molecule has 0 fully saturated rings. The predicted molar refractivity (Wildman–Crippen MR) is 112 cm³/mol. The van der Waals surface area contributed by atoms with Gasteiger partial charge in [-0.2, -0.15) is 0 Å². The smallest absolute Gasteiger partial charge is 0.410 e. The minimum atomic E-state index is -0.343. The highest BCUT2D eigenvalue weighted by molar-refractivity contribution is 9.10. The van der Waals surface area contributed by atoms with Gasteiger partial charge in [-0.3, -0.25) is 4.90 Å². The molecule has 1 atom stereocenters. The summed E-state index contributed by atoms with van der Waals surface area (Å²) in [7, 11) is 0. The van der Waals surface area contributed by atoms with Gasteiger partial charge in [-0.05, 0) is 60.9 Å². The number of carbonyl (C=O) groups excluding carboxylic acids is 1. The number of ether oxygens (including phenoxy) is 1. The van der Waals surface area contributed by atoms with Crippen molar-refractivity contribution in [3.05, 3.63) is 67.7 Å². The van der Waals surface area contributed by atoms with Gasteiger partial charge in [0.25, 0.3) is 0 Å². The highest BCUT2D eigenvalue weighted by Gasteiger charge is 2.35. The number of amides is 1. The molecule has 2 aromatic carbocycles. The molecule has 0 saturated carbocycles. The van der Waals surface area contributed by atoms with Crippen molar-refractivity contribution in [2.75, 3.05) is 13.2 Å². The number of benzene rings is 2. The third kappa shape index (κ3) is 3.44. The van der Waals surface area contributed by atoms with E-state index in [1.54, 1.807) is 17.9 Å². The third-order valence-corrected chi connectivity index (χ3v) is 5.72. The molecule has 4 nitrogen and oxygen atoms in total. The van der Waals surface area contributed by atoms with Crippen LogP contribution in [0.1, 0.15) is 29.8 Å². The van der Waals surface area contributed by atoms with E-state index < -0.39 is 0 Å². The molecular weight excluding hydrogens is 451 g/mol. The first-order valence-electron chi connectivity index (χ1n) is 8.67. The Kier molecular flexibility index (Phi) is 5.10. The first kappa shape index (κ1) is 18.7. The number of rotatable bonds is 2. The SMILES string of the molecule is CCOC(=O)N1CCc2c([nH]c3ccc(Br)cc23)C1c1cc(Cl)cc(Cl)c1. The van der Waals surface area contributed by atoms with Crippen LogP contribution < -0.4 is 0 Å². The maximum Gasteiger partial charge on any atom is 0.410 e. The van der Waals surface area contributed by atoms with E-state index in [-0.39, 0.29) is 12.1 Å². The molecule has 1 N–H and O–H groups in total. The quantitative estimate of drug-likeness (QED) is 0.477. The first-order chi connectivity index (χ1) is 13.0. The molecule has 1 aliphatic rings. The van der Waals surface area contributed by atoms with Gasteiger partial charge >= 0.3 is 6.09 Å². The normalized spacial score (nSPS) is 16.4. The number of nitrogens with zero attached hydrogens (tertiary/aromatic N) is 1. The lowest BCUT2D eigenvalue weighted by Gasteiger charge is -2.35. The van der Waals surface area contributed by atoms with E-state index in [1.807, 2.05) is 24.3 Å². The van der Waals surface area contributed by atoms with Crippen LogP contribution in [0.4, 0.5) is 4.79 Å². The van der Waals surface area contributed by atoms with Gasteiger partial charge in [-0.25, -0.2) is 4.79 Å². The molecule has 3 aromatic rings. The van der Waals surface area contributed by atoms with E-state index in [9.17, 15) is 4.79 Å². The Morgan fingerprint density at radius 2 is 2.00 bits per heavy atom. The zero-order valence-corrected chi connectivity index (χ0v) is 17.7. The van der Waals surface area contributed by atoms with Crippen molar-refractivity contribution in [2.45, 2.75) is 19.4 Å². The van der Waals surface area contributed by atoms with Crippen molar-refractivity contribution in [3.8, 4) is 0 Å². The monoisotopic (exact) mass is 466 g/mol. The number of halogens is 3. The summed E-state index contributed by atoms with van der Waals surface area (Å²) in [5.41, 5.74) is 4.06. The molecule has 7 heteroatoms. The Hall–Kier alpha value is -1.69. The van der Waals surface area contributed by atoms with Gasteiger partial charge in [0.05, 0.1) is 6.61 Å². The summed E-state index contributed by atoms with van der Waals surface area (Å²) in [5.74, 6) is 0. The van der Waals surface area contributed by atoms with Gasteiger partial charge in [0.1, 0.15) is 6.04 Å². The van der Waals surface area contributed by atoms with Gasteiger partial charge < -0.3 is 9.72 Å². The molecule has 1 aromatic heterocycles. The number of hydrogen-bond donors (Lipinski definition) is 1.